The average molecular weight is 329 g/mol. The lowest BCUT2D eigenvalue weighted by molar-refractivity contribution is -0.119. The first kappa shape index (κ1) is 16.0. The van der Waals surface area contributed by atoms with Crippen LogP contribution in [0.15, 0.2) is 30.9 Å². The number of carbonyl (C=O) groups excluding carboxylic acids is 2. The lowest BCUT2D eigenvalue weighted by Gasteiger charge is -2.28. The molecular weight excluding hydrogens is 310 g/mol. The van der Waals surface area contributed by atoms with Gasteiger partial charge in [0.05, 0.1) is 12.8 Å². The number of nitrogens with one attached hydrogen (secondary N) is 1. The van der Waals surface area contributed by atoms with E-state index < -0.39 is 0 Å². The molecule has 8 heteroatoms. The van der Waals surface area contributed by atoms with Gasteiger partial charge in [-0.1, -0.05) is 0 Å². The molecule has 3 rings (SSSR count). The van der Waals surface area contributed by atoms with Gasteiger partial charge in [-0.2, -0.15) is 5.10 Å². The van der Waals surface area contributed by atoms with Gasteiger partial charge in [-0.3, -0.25) is 9.59 Å². The van der Waals surface area contributed by atoms with Crippen molar-refractivity contribution < 1.29 is 14.3 Å². The summed E-state index contributed by atoms with van der Waals surface area (Å²) in [6, 6.07) is 5.28. The highest BCUT2D eigenvalue weighted by Crippen LogP contribution is 2.33. The van der Waals surface area contributed by atoms with E-state index in [4.69, 9.17) is 4.74 Å². The second kappa shape index (κ2) is 7.12. The number of amides is 2. The van der Waals surface area contributed by atoms with Crippen LogP contribution >= 0.6 is 0 Å². The van der Waals surface area contributed by atoms with Crippen molar-refractivity contribution in [2.24, 2.45) is 0 Å². The number of carbonyl (C=O) groups is 2. The van der Waals surface area contributed by atoms with Crippen molar-refractivity contribution >= 4 is 23.2 Å². The molecule has 1 fully saturated rings. The third-order valence-corrected chi connectivity index (χ3v) is 3.85. The first-order valence-corrected chi connectivity index (χ1v) is 7.78. The van der Waals surface area contributed by atoms with E-state index in [1.165, 1.54) is 17.3 Å². The highest BCUT2D eigenvalue weighted by molar-refractivity contribution is 5.96. The summed E-state index contributed by atoms with van der Waals surface area (Å²) < 4.78 is 6.84. The molecule has 0 aliphatic carbocycles. The van der Waals surface area contributed by atoms with Crippen LogP contribution in [-0.2, 0) is 16.1 Å². The van der Waals surface area contributed by atoms with Crippen molar-refractivity contribution in [1.29, 1.82) is 0 Å². The lowest BCUT2D eigenvalue weighted by atomic mass is 10.1. The molecule has 0 atom stereocenters. The van der Waals surface area contributed by atoms with Gasteiger partial charge >= 0.3 is 0 Å². The number of nitrogens with zero attached hydrogens (tertiary/aromatic N) is 4. The van der Waals surface area contributed by atoms with E-state index in [1.807, 2.05) is 0 Å². The molecule has 2 amide bonds. The van der Waals surface area contributed by atoms with Crippen molar-refractivity contribution in [3.8, 4) is 5.75 Å². The van der Waals surface area contributed by atoms with E-state index in [2.05, 4.69) is 15.4 Å². The molecule has 1 saturated heterocycles. The van der Waals surface area contributed by atoms with Gasteiger partial charge in [0, 0.05) is 24.7 Å². The molecule has 1 aliphatic heterocycles. The van der Waals surface area contributed by atoms with Gasteiger partial charge in [-0.05, 0) is 25.0 Å². The van der Waals surface area contributed by atoms with Gasteiger partial charge < -0.3 is 15.0 Å². The number of piperidine rings is 1. The highest BCUT2D eigenvalue weighted by Gasteiger charge is 2.22. The van der Waals surface area contributed by atoms with Crippen LogP contribution in [0.3, 0.4) is 0 Å². The molecule has 8 nitrogen and oxygen atoms in total. The van der Waals surface area contributed by atoms with Crippen LogP contribution in [0.25, 0.3) is 0 Å². The molecule has 1 N–H and O–H groups in total. The minimum atomic E-state index is -0.218. The van der Waals surface area contributed by atoms with Gasteiger partial charge in [-0.25, -0.2) is 9.67 Å². The van der Waals surface area contributed by atoms with Crippen LogP contribution in [0.1, 0.15) is 19.3 Å². The minimum Gasteiger partial charge on any atom is -0.494 e. The van der Waals surface area contributed by atoms with Crippen LogP contribution < -0.4 is 15.0 Å². The zero-order valence-corrected chi connectivity index (χ0v) is 13.4. The maximum absolute atomic E-state index is 12.1. The molecule has 126 valence electrons. The van der Waals surface area contributed by atoms with Crippen LogP contribution in [0, 0.1) is 0 Å². The van der Waals surface area contributed by atoms with Crippen molar-refractivity contribution in [1.82, 2.24) is 14.8 Å². The summed E-state index contributed by atoms with van der Waals surface area (Å²) in [5.41, 5.74) is 1.33. The Morgan fingerprint density at radius 2 is 2.25 bits per heavy atom. The van der Waals surface area contributed by atoms with Crippen molar-refractivity contribution in [3.05, 3.63) is 30.9 Å². The van der Waals surface area contributed by atoms with E-state index in [1.54, 1.807) is 30.2 Å². The summed E-state index contributed by atoms with van der Waals surface area (Å²) in [4.78, 5) is 29.6. The molecule has 1 aliphatic rings. The first-order valence-electron chi connectivity index (χ1n) is 7.78. The summed E-state index contributed by atoms with van der Waals surface area (Å²) in [6.07, 6.45) is 5.31. The maximum Gasteiger partial charge on any atom is 0.246 e. The fourth-order valence-electron chi connectivity index (χ4n) is 2.70. The smallest absolute Gasteiger partial charge is 0.246 e. The highest BCUT2D eigenvalue weighted by atomic mass is 16.5. The van der Waals surface area contributed by atoms with Gasteiger partial charge in [0.15, 0.2) is 0 Å². The SMILES string of the molecule is COc1cc(NC(=O)Cn2cncn2)ccc1N1CCCCC1=O. The monoisotopic (exact) mass is 329 g/mol. The van der Waals surface area contributed by atoms with E-state index in [-0.39, 0.29) is 18.4 Å². The van der Waals surface area contributed by atoms with Crippen LogP contribution in [0.5, 0.6) is 5.75 Å². The topological polar surface area (TPSA) is 89.3 Å². The quantitative estimate of drug-likeness (QED) is 0.896. The van der Waals surface area contributed by atoms with Crippen molar-refractivity contribution in [2.45, 2.75) is 25.8 Å². The largest absolute Gasteiger partial charge is 0.494 e. The Morgan fingerprint density at radius 1 is 1.38 bits per heavy atom. The fourth-order valence-corrected chi connectivity index (χ4v) is 2.70. The lowest BCUT2D eigenvalue weighted by Crippen LogP contribution is -2.35. The van der Waals surface area contributed by atoms with Crippen molar-refractivity contribution in [2.75, 3.05) is 23.9 Å². The third kappa shape index (κ3) is 3.53. The van der Waals surface area contributed by atoms with Gasteiger partial charge in [0.2, 0.25) is 11.8 Å². The molecule has 2 aromatic rings. The molecule has 2 heterocycles. The maximum atomic E-state index is 12.1. The molecule has 24 heavy (non-hydrogen) atoms. The first-order chi connectivity index (χ1) is 11.7. The van der Waals surface area contributed by atoms with Crippen LogP contribution in [-0.4, -0.2) is 40.2 Å². The van der Waals surface area contributed by atoms with E-state index >= 15 is 0 Å². The molecule has 0 spiro atoms. The Kier molecular flexibility index (Phi) is 4.74. The Hall–Kier alpha value is -2.90. The predicted molar refractivity (Wildman–Crippen MR) is 87.8 cm³/mol. The van der Waals surface area contributed by atoms with Gasteiger partial charge in [0.1, 0.15) is 24.9 Å². The zero-order valence-electron chi connectivity index (χ0n) is 13.4. The molecular formula is C16H19N5O3. The fraction of sp³-hybridized carbons (Fsp3) is 0.375. The number of benzene rings is 1. The Labute approximate surface area is 139 Å². The number of rotatable bonds is 5. The Morgan fingerprint density at radius 3 is 2.96 bits per heavy atom. The van der Waals surface area contributed by atoms with Crippen LogP contribution in [0.4, 0.5) is 11.4 Å². The standard InChI is InChI=1S/C16H19N5O3/c1-24-14-8-12(19-15(22)9-20-11-17-10-18-20)5-6-13(14)21-7-3-2-4-16(21)23/h5-6,8,10-11H,2-4,7,9H2,1H3,(H,19,22). The average Bonchev–Trinajstić information content (AvgIpc) is 3.08. The summed E-state index contributed by atoms with van der Waals surface area (Å²) >= 11 is 0. The third-order valence-electron chi connectivity index (χ3n) is 3.85. The molecule has 1 aromatic carbocycles. The minimum absolute atomic E-state index is 0.0781. The van der Waals surface area contributed by atoms with Gasteiger partial charge in [0.25, 0.3) is 0 Å². The van der Waals surface area contributed by atoms with Crippen molar-refractivity contribution in [3.63, 3.8) is 0 Å². The van der Waals surface area contributed by atoms with Crippen LogP contribution in [0.2, 0.25) is 0 Å². The Bertz CT molecular complexity index is 729. The zero-order chi connectivity index (χ0) is 16.9. The second-order valence-corrected chi connectivity index (χ2v) is 5.53. The number of ether oxygens (including phenoxy) is 1. The molecule has 0 radical (unpaired) electrons. The van der Waals surface area contributed by atoms with E-state index in [0.29, 0.717) is 24.4 Å². The predicted octanol–water partition coefficient (Wildman–Crippen LogP) is 1.44. The summed E-state index contributed by atoms with van der Waals surface area (Å²) in [6.45, 7) is 0.766. The van der Waals surface area contributed by atoms with Gasteiger partial charge in [-0.15, -0.1) is 0 Å². The van der Waals surface area contributed by atoms with E-state index in [9.17, 15) is 9.59 Å². The Balaban J connectivity index is 1.73. The molecule has 1 aromatic heterocycles. The summed E-state index contributed by atoms with van der Waals surface area (Å²) in [5, 5.41) is 6.68. The second-order valence-electron chi connectivity index (χ2n) is 5.53. The number of hydrogen-bond acceptors (Lipinski definition) is 5. The number of aromatic nitrogens is 3. The van der Waals surface area contributed by atoms with E-state index in [0.717, 1.165) is 18.5 Å². The molecule has 0 bridgehead atoms. The molecule has 0 saturated carbocycles. The number of anilines is 2. The summed E-state index contributed by atoms with van der Waals surface area (Å²) in [5.74, 6) is 0.440. The molecule has 0 unspecified atom stereocenters. The number of hydrogen-bond donors (Lipinski definition) is 1. The summed E-state index contributed by atoms with van der Waals surface area (Å²) in [7, 11) is 1.55. The number of methoxy groups -OCH3 is 1. The normalized spacial score (nSPS) is 14.5.